The molecule has 32 heavy (non-hydrogen) atoms. The molecule has 0 aromatic heterocycles. The molecule has 0 saturated heterocycles. The van der Waals surface area contributed by atoms with Gasteiger partial charge in [0, 0.05) is 35.9 Å². The molecule has 0 bridgehead atoms. The largest absolute Gasteiger partial charge is 0.493 e. The smallest absolute Gasteiger partial charge is 0.220 e. The fourth-order valence-electron chi connectivity index (χ4n) is 4.37. The number of fused-ring (bicyclic) bond motifs is 1. The predicted octanol–water partition coefficient (Wildman–Crippen LogP) is 4.58. The first-order valence-electron chi connectivity index (χ1n) is 11.3. The SMILES string of the molecule is CCCC(=O)NCC1(COc2c(-c3cccc4c3CCC4=O)ccc(OC)c2OC)CC1. The second-order valence-electron chi connectivity index (χ2n) is 8.75. The molecular formula is C26H31NO5. The molecule has 2 aliphatic rings. The zero-order chi connectivity index (χ0) is 22.7. The highest BCUT2D eigenvalue weighted by atomic mass is 16.5. The van der Waals surface area contributed by atoms with Crippen LogP contribution in [0.2, 0.25) is 0 Å². The Morgan fingerprint density at radius 1 is 1.00 bits per heavy atom. The average Bonchev–Trinajstić information content (AvgIpc) is 3.49. The van der Waals surface area contributed by atoms with E-state index in [1.54, 1.807) is 14.2 Å². The van der Waals surface area contributed by atoms with Crippen molar-refractivity contribution < 1.29 is 23.8 Å². The average molecular weight is 438 g/mol. The van der Waals surface area contributed by atoms with E-state index in [1.165, 1.54) is 0 Å². The zero-order valence-electron chi connectivity index (χ0n) is 19.1. The molecule has 170 valence electrons. The first-order chi connectivity index (χ1) is 15.5. The normalized spacial score (nSPS) is 15.8. The summed E-state index contributed by atoms with van der Waals surface area (Å²) in [6.45, 7) is 3.09. The number of hydrogen-bond donors (Lipinski definition) is 1. The van der Waals surface area contributed by atoms with E-state index in [1.807, 2.05) is 37.3 Å². The summed E-state index contributed by atoms with van der Waals surface area (Å²) in [6, 6.07) is 9.69. The first-order valence-corrected chi connectivity index (χ1v) is 11.3. The van der Waals surface area contributed by atoms with Crippen molar-refractivity contribution in [3.63, 3.8) is 0 Å². The molecule has 2 aromatic rings. The molecule has 4 rings (SSSR count). The molecule has 1 amide bonds. The second kappa shape index (κ2) is 9.23. The van der Waals surface area contributed by atoms with Gasteiger partial charge in [-0.3, -0.25) is 9.59 Å². The van der Waals surface area contributed by atoms with Crippen LogP contribution in [0, 0.1) is 5.41 Å². The monoisotopic (exact) mass is 437 g/mol. The van der Waals surface area contributed by atoms with Crippen LogP contribution >= 0.6 is 0 Å². The summed E-state index contributed by atoms with van der Waals surface area (Å²) in [7, 11) is 3.21. The molecule has 6 heteroatoms. The maximum Gasteiger partial charge on any atom is 0.220 e. The topological polar surface area (TPSA) is 73.9 Å². The molecule has 2 aliphatic carbocycles. The van der Waals surface area contributed by atoms with Crippen LogP contribution < -0.4 is 19.5 Å². The third-order valence-corrected chi connectivity index (χ3v) is 6.49. The second-order valence-corrected chi connectivity index (χ2v) is 8.75. The van der Waals surface area contributed by atoms with Crippen LogP contribution in [-0.2, 0) is 11.2 Å². The number of rotatable bonds is 10. The molecule has 1 saturated carbocycles. The van der Waals surface area contributed by atoms with Gasteiger partial charge in [-0.15, -0.1) is 0 Å². The number of nitrogens with one attached hydrogen (secondary N) is 1. The molecule has 0 aliphatic heterocycles. The molecule has 0 spiro atoms. The van der Waals surface area contributed by atoms with Crippen molar-refractivity contribution in [2.24, 2.45) is 5.41 Å². The van der Waals surface area contributed by atoms with E-state index in [0.717, 1.165) is 47.9 Å². The zero-order valence-corrected chi connectivity index (χ0v) is 19.1. The molecule has 1 fully saturated rings. The molecule has 0 heterocycles. The van der Waals surface area contributed by atoms with E-state index >= 15 is 0 Å². The lowest BCUT2D eigenvalue weighted by Gasteiger charge is -2.22. The molecule has 1 N–H and O–H groups in total. The highest BCUT2D eigenvalue weighted by Crippen LogP contribution is 2.50. The van der Waals surface area contributed by atoms with E-state index in [9.17, 15) is 9.59 Å². The lowest BCUT2D eigenvalue weighted by Crippen LogP contribution is -2.33. The highest BCUT2D eigenvalue weighted by molar-refractivity contribution is 6.02. The van der Waals surface area contributed by atoms with Gasteiger partial charge in [0.15, 0.2) is 17.3 Å². The number of ether oxygens (including phenoxy) is 3. The van der Waals surface area contributed by atoms with Gasteiger partial charge in [0.25, 0.3) is 0 Å². The van der Waals surface area contributed by atoms with Crippen LogP contribution in [0.15, 0.2) is 30.3 Å². The van der Waals surface area contributed by atoms with Crippen molar-refractivity contribution in [1.82, 2.24) is 5.32 Å². The maximum atomic E-state index is 12.3. The Morgan fingerprint density at radius 3 is 2.47 bits per heavy atom. The summed E-state index contributed by atoms with van der Waals surface area (Å²) in [6.07, 6.45) is 4.67. The lowest BCUT2D eigenvalue weighted by atomic mass is 9.95. The van der Waals surface area contributed by atoms with Crippen molar-refractivity contribution in [2.45, 2.75) is 45.4 Å². The van der Waals surface area contributed by atoms with Gasteiger partial charge in [-0.1, -0.05) is 25.1 Å². The summed E-state index contributed by atoms with van der Waals surface area (Å²) in [5, 5.41) is 3.05. The summed E-state index contributed by atoms with van der Waals surface area (Å²) in [5.74, 6) is 2.02. The van der Waals surface area contributed by atoms with Gasteiger partial charge in [-0.05, 0) is 48.9 Å². The summed E-state index contributed by atoms with van der Waals surface area (Å²) < 4.78 is 17.6. The van der Waals surface area contributed by atoms with E-state index in [4.69, 9.17) is 14.2 Å². The Balaban J connectivity index is 1.64. The fourth-order valence-corrected chi connectivity index (χ4v) is 4.37. The van der Waals surface area contributed by atoms with Crippen LogP contribution in [-0.4, -0.2) is 39.1 Å². The lowest BCUT2D eigenvalue weighted by molar-refractivity contribution is -0.121. The Labute approximate surface area is 189 Å². The quantitative estimate of drug-likeness (QED) is 0.589. The maximum absolute atomic E-state index is 12.3. The standard InChI is InChI=1S/C26H31NO5/c1-4-6-23(29)27-15-26(13-14-26)16-32-24-20(10-12-22(30-2)25(24)31-3)17-7-5-8-19-18(17)9-11-21(19)28/h5,7-8,10,12H,4,6,9,11,13-16H2,1-3H3,(H,27,29). The number of amides is 1. The number of ketones is 1. The Kier molecular flexibility index (Phi) is 6.40. The Bertz CT molecular complexity index is 1030. The van der Waals surface area contributed by atoms with E-state index < -0.39 is 0 Å². The van der Waals surface area contributed by atoms with E-state index in [-0.39, 0.29) is 17.1 Å². The predicted molar refractivity (Wildman–Crippen MR) is 123 cm³/mol. The van der Waals surface area contributed by atoms with Crippen LogP contribution in [0.1, 0.15) is 54.9 Å². The van der Waals surface area contributed by atoms with Gasteiger partial charge in [0.2, 0.25) is 11.7 Å². The Morgan fingerprint density at radius 2 is 1.78 bits per heavy atom. The highest BCUT2D eigenvalue weighted by Gasteiger charge is 2.44. The summed E-state index contributed by atoms with van der Waals surface area (Å²) in [5.41, 5.74) is 3.68. The molecule has 6 nitrogen and oxygen atoms in total. The van der Waals surface area contributed by atoms with Crippen molar-refractivity contribution >= 4 is 11.7 Å². The van der Waals surface area contributed by atoms with Gasteiger partial charge in [-0.25, -0.2) is 0 Å². The first kappa shape index (κ1) is 22.2. The molecule has 2 aromatic carbocycles. The van der Waals surface area contributed by atoms with Crippen molar-refractivity contribution in [1.29, 1.82) is 0 Å². The number of methoxy groups -OCH3 is 2. The molecular weight excluding hydrogens is 406 g/mol. The van der Waals surface area contributed by atoms with Crippen molar-refractivity contribution in [2.75, 3.05) is 27.4 Å². The van der Waals surface area contributed by atoms with Crippen LogP contribution in [0.25, 0.3) is 11.1 Å². The Hall–Kier alpha value is -3.02. The summed E-state index contributed by atoms with van der Waals surface area (Å²) >= 11 is 0. The number of benzene rings is 2. The van der Waals surface area contributed by atoms with Gasteiger partial charge in [-0.2, -0.15) is 0 Å². The number of carbonyl (C=O) groups is 2. The third-order valence-electron chi connectivity index (χ3n) is 6.49. The number of hydrogen-bond acceptors (Lipinski definition) is 5. The minimum atomic E-state index is -0.0522. The molecule has 0 radical (unpaired) electrons. The van der Waals surface area contributed by atoms with Gasteiger partial charge in [0.05, 0.1) is 20.8 Å². The van der Waals surface area contributed by atoms with Crippen LogP contribution in [0.3, 0.4) is 0 Å². The number of Topliss-reactive ketones (excluding diaryl/α,β-unsaturated/α-hetero) is 1. The van der Waals surface area contributed by atoms with Gasteiger partial charge < -0.3 is 19.5 Å². The molecule has 0 unspecified atom stereocenters. The van der Waals surface area contributed by atoms with E-state index in [2.05, 4.69) is 5.32 Å². The van der Waals surface area contributed by atoms with Crippen LogP contribution in [0.4, 0.5) is 0 Å². The van der Waals surface area contributed by atoms with Crippen LogP contribution in [0.5, 0.6) is 17.2 Å². The summed E-state index contributed by atoms with van der Waals surface area (Å²) in [4.78, 5) is 24.2. The minimum Gasteiger partial charge on any atom is -0.493 e. The molecule has 0 atom stereocenters. The van der Waals surface area contributed by atoms with Crippen molar-refractivity contribution in [3.05, 3.63) is 41.5 Å². The fraction of sp³-hybridized carbons (Fsp3) is 0.462. The van der Waals surface area contributed by atoms with Crippen molar-refractivity contribution in [3.8, 4) is 28.4 Å². The van der Waals surface area contributed by atoms with Gasteiger partial charge in [0.1, 0.15) is 0 Å². The minimum absolute atomic E-state index is 0.0522. The number of carbonyl (C=O) groups excluding carboxylic acids is 2. The van der Waals surface area contributed by atoms with Gasteiger partial charge >= 0.3 is 0 Å². The van der Waals surface area contributed by atoms with E-state index in [0.29, 0.717) is 43.2 Å². The third kappa shape index (κ3) is 4.31.